The van der Waals surface area contributed by atoms with Crippen molar-refractivity contribution in [2.75, 3.05) is 43.1 Å². The molecule has 23 heavy (non-hydrogen) atoms. The normalized spacial score (nSPS) is 14.3. The lowest BCUT2D eigenvalue weighted by Crippen LogP contribution is -2.36. The summed E-state index contributed by atoms with van der Waals surface area (Å²) >= 11 is 0. The summed E-state index contributed by atoms with van der Waals surface area (Å²) in [5, 5.41) is 10.8. The summed E-state index contributed by atoms with van der Waals surface area (Å²) in [6, 6.07) is 12.8. The third-order valence-electron chi connectivity index (χ3n) is 3.37. The molecule has 3 rings (SSSR count). The van der Waals surface area contributed by atoms with Gasteiger partial charge in [0.1, 0.15) is 5.75 Å². The highest BCUT2D eigenvalue weighted by molar-refractivity contribution is 5.90. The molecular formula is C16H18N4O3. The van der Waals surface area contributed by atoms with Gasteiger partial charge in [-0.2, -0.15) is 0 Å². The fourth-order valence-corrected chi connectivity index (χ4v) is 2.20. The molecule has 1 amide bonds. The Kier molecular flexibility index (Phi) is 5.00. The molecule has 1 saturated heterocycles. The van der Waals surface area contributed by atoms with E-state index in [0.29, 0.717) is 24.8 Å². The van der Waals surface area contributed by atoms with Gasteiger partial charge in [-0.1, -0.05) is 18.2 Å². The second-order valence-corrected chi connectivity index (χ2v) is 5.03. The Bertz CT molecular complexity index is 628. The van der Waals surface area contributed by atoms with E-state index in [4.69, 9.17) is 9.47 Å². The molecule has 1 aromatic carbocycles. The number of nitrogens with one attached hydrogen (secondary N) is 1. The predicted molar refractivity (Wildman–Crippen MR) is 85.6 cm³/mol. The summed E-state index contributed by atoms with van der Waals surface area (Å²) in [6.45, 7) is 2.90. The minimum absolute atomic E-state index is 0.0725. The number of morpholine rings is 1. The molecule has 120 valence electrons. The first kappa shape index (κ1) is 15.2. The number of hydrogen-bond acceptors (Lipinski definition) is 6. The van der Waals surface area contributed by atoms with Gasteiger partial charge in [-0.3, -0.25) is 4.79 Å². The van der Waals surface area contributed by atoms with Crippen LogP contribution in [-0.4, -0.2) is 49.0 Å². The molecule has 0 spiro atoms. The van der Waals surface area contributed by atoms with E-state index < -0.39 is 0 Å². The number of para-hydroxylation sites is 1. The minimum atomic E-state index is -0.276. The van der Waals surface area contributed by atoms with Gasteiger partial charge < -0.3 is 19.7 Å². The molecule has 1 fully saturated rings. The lowest BCUT2D eigenvalue weighted by Gasteiger charge is -2.27. The first-order valence-corrected chi connectivity index (χ1v) is 7.45. The second-order valence-electron chi connectivity index (χ2n) is 5.03. The van der Waals surface area contributed by atoms with Crippen molar-refractivity contribution in [3.05, 3.63) is 42.5 Å². The molecule has 0 bridgehead atoms. The number of nitrogens with zero attached hydrogens (tertiary/aromatic N) is 3. The van der Waals surface area contributed by atoms with Crippen LogP contribution in [0.3, 0.4) is 0 Å². The molecular weight excluding hydrogens is 296 g/mol. The van der Waals surface area contributed by atoms with Crippen LogP contribution in [0.1, 0.15) is 0 Å². The SMILES string of the molecule is O=C(COc1ccccc1)Nc1ccc(N2CCOCC2)nn1. The van der Waals surface area contributed by atoms with Crippen molar-refractivity contribution in [1.82, 2.24) is 10.2 Å². The molecule has 2 heterocycles. The summed E-state index contributed by atoms with van der Waals surface area (Å²) in [5.41, 5.74) is 0. The lowest BCUT2D eigenvalue weighted by atomic mass is 10.3. The Morgan fingerprint density at radius 2 is 1.91 bits per heavy atom. The average Bonchev–Trinajstić information content (AvgIpc) is 2.62. The minimum Gasteiger partial charge on any atom is -0.484 e. The predicted octanol–water partition coefficient (Wildman–Crippen LogP) is 1.33. The number of benzene rings is 1. The van der Waals surface area contributed by atoms with Crippen molar-refractivity contribution in [1.29, 1.82) is 0 Å². The number of ether oxygens (including phenoxy) is 2. The maximum atomic E-state index is 11.8. The molecule has 0 radical (unpaired) electrons. The van der Waals surface area contributed by atoms with Crippen LogP contribution in [-0.2, 0) is 9.53 Å². The Morgan fingerprint density at radius 3 is 2.61 bits per heavy atom. The van der Waals surface area contributed by atoms with Crippen molar-refractivity contribution < 1.29 is 14.3 Å². The monoisotopic (exact) mass is 314 g/mol. The van der Waals surface area contributed by atoms with Gasteiger partial charge in [-0.05, 0) is 24.3 Å². The zero-order valence-corrected chi connectivity index (χ0v) is 12.6. The van der Waals surface area contributed by atoms with Gasteiger partial charge in [-0.25, -0.2) is 0 Å². The zero-order valence-electron chi connectivity index (χ0n) is 12.6. The maximum Gasteiger partial charge on any atom is 0.263 e. The first-order chi connectivity index (χ1) is 11.3. The van der Waals surface area contributed by atoms with Crippen LogP contribution < -0.4 is 15.0 Å². The molecule has 1 aliphatic heterocycles. The molecule has 2 aromatic rings. The van der Waals surface area contributed by atoms with Crippen LogP contribution in [0.25, 0.3) is 0 Å². The Balaban J connectivity index is 1.50. The third kappa shape index (κ3) is 4.40. The third-order valence-corrected chi connectivity index (χ3v) is 3.37. The number of hydrogen-bond donors (Lipinski definition) is 1. The largest absolute Gasteiger partial charge is 0.484 e. The standard InChI is InChI=1S/C16H18N4O3/c21-16(12-23-13-4-2-1-3-5-13)17-14-6-7-15(19-18-14)20-8-10-22-11-9-20/h1-7H,8-12H2,(H,17,18,21). The van der Waals surface area contributed by atoms with Crippen LogP contribution in [0, 0.1) is 0 Å². The van der Waals surface area contributed by atoms with E-state index in [-0.39, 0.29) is 12.5 Å². The Hall–Kier alpha value is -2.67. The molecule has 7 nitrogen and oxygen atoms in total. The number of amides is 1. The van der Waals surface area contributed by atoms with E-state index in [2.05, 4.69) is 20.4 Å². The number of anilines is 2. The maximum absolute atomic E-state index is 11.8. The van der Waals surface area contributed by atoms with Gasteiger partial charge in [-0.15, -0.1) is 10.2 Å². The van der Waals surface area contributed by atoms with E-state index in [1.165, 1.54) is 0 Å². The van der Waals surface area contributed by atoms with Gasteiger partial charge in [0, 0.05) is 13.1 Å². The Morgan fingerprint density at radius 1 is 1.13 bits per heavy atom. The van der Waals surface area contributed by atoms with Crippen molar-refractivity contribution in [3.63, 3.8) is 0 Å². The van der Waals surface area contributed by atoms with Gasteiger partial charge in [0.05, 0.1) is 13.2 Å². The molecule has 1 aliphatic rings. The smallest absolute Gasteiger partial charge is 0.263 e. The number of carbonyl (C=O) groups is 1. The molecule has 0 saturated carbocycles. The average molecular weight is 314 g/mol. The quantitative estimate of drug-likeness (QED) is 0.897. The Labute approximate surface area is 134 Å². The molecule has 0 unspecified atom stereocenters. The van der Waals surface area contributed by atoms with E-state index in [1.807, 2.05) is 24.3 Å². The van der Waals surface area contributed by atoms with Gasteiger partial charge in [0.25, 0.3) is 5.91 Å². The molecule has 0 aliphatic carbocycles. The summed E-state index contributed by atoms with van der Waals surface area (Å²) in [5.74, 6) is 1.56. The second kappa shape index (κ2) is 7.55. The number of rotatable bonds is 5. The zero-order chi connectivity index (χ0) is 15.9. The van der Waals surface area contributed by atoms with E-state index in [0.717, 1.165) is 18.9 Å². The van der Waals surface area contributed by atoms with Crippen molar-refractivity contribution in [2.24, 2.45) is 0 Å². The van der Waals surface area contributed by atoms with Crippen LogP contribution in [0.15, 0.2) is 42.5 Å². The van der Waals surface area contributed by atoms with Crippen molar-refractivity contribution >= 4 is 17.5 Å². The van der Waals surface area contributed by atoms with Crippen molar-refractivity contribution in [2.45, 2.75) is 0 Å². The highest BCUT2D eigenvalue weighted by Crippen LogP contribution is 2.13. The van der Waals surface area contributed by atoms with Crippen LogP contribution in [0.5, 0.6) is 5.75 Å². The number of carbonyl (C=O) groups excluding carboxylic acids is 1. The summed E-state index contributed by atoms with van der Waals surface area (Å²) in [4.78, 5) is 13.9. The van der Waals surface area contributed by atoms with Crippen molar-refractivity contribution in [3.8, 4) is 5.75 Å². The molecule has 0 atom stereocenters. The van der Waals surface area contributed by atoms with Gasteiger partial charge in [0.15, 0.2) is 18.2 Å². The van der Waals surface area contributed by atoms with E-state index in [9.17, 15) is 4.79 Å². The van der Waals surface area contributed by atoms with Crippen LogP contribution >= 0.6 is 0 Å². The van der Waals surface area contributed by atoms with E-state index >= 15 is 0 Å². The van der Waals surface area contributed by atoms with E-state index in [1.54, 1.807) is 18.2 Å². The first-order valence-electron chi connectivity index (χ1n) is 7.45. The number of aromatic nitrogens is 2. The molecule has 1 aromatic heterocycles. The fraction of sp³-hybridized carbons (Fsp3) is 0.312. The molecule has 1 N–H and O–H groups in total. The highest BCUT2D eigenvalue weighted by Gasteiger charge is 2.13. The fourth-order valence-electron chi connectivity index (χ4n) is 2.20. The van der Waals surface area contributed by atoms with Gasteiger partial charge >= 0.3 is 0 Å². The van der Waals surface area contributed by atoms with Crippen LogP contribution in [0.2, 0.25) is 0 Å². The lowest BCUT2D eigenvalue weighted by molar-refractivity contribution is -0.118. The van der Waals surface area contributed by atoms with Gasteiger partial charge in [0.2, 0.25) is 0 Å². The summed E-state index contributed by atoms with van der Waals surface area (Å²) < 4.78 is 10.7. The summed E-state index contributed by atoms with van der Waals surface area (Å²) in [6.07, 6.45) is 0. The van der Waals surface area contributed by atoms with Crippen LogP contribution in [0.4, 0.5) is 11.6 Å². The summed E-state index contributed by atoms with van der Waals surface area (Å²) in [7, 11) is 0. The highest BCUT2D eigenvalue weighted by atomic mass is 16.5. The molecule has 7 heteroatoms. The topological polar surface area (TPSA) is 76.6 Å².